The van der Waals surface area contributed by atoms with E-state index in [4.69, 9.17) is 5.11 Å². The van der Waals surface area contributed by atoms with E-state index in [1.54, 1.807) is 6.92 Å². The Morgan fingerprint density at radius 2 is 2.27 bits per heavy atom. The van der Waals surface area contributed by atoms with Gasteiger partial charge in [0.05, 0.1) is 0 Å². The highest BCUT2D eigenvalue weighted by atomic mass is 32.1. The summed E-state index contributed by atoms with van der Waals surface area (Å²) in [6.45, 7) is 1.79. The molecule has 0 amide bonds. The van der Waals surface area contributed by atoms with Crippen molar-refractivity contribution in [2.45, 2.75) is 25.0 Å². The van der Waals surface area contributed by atoms with Gasteiger partial charge in [0, 0.05) is 18.1 Å². The third-order valence-electron chi connectivity index (χ3n) is 1.52. The largest absolute Gasteiger partial charge is 0.481 e. The fourth-order valence-corrected chi connectivity index (χ4v) is 1.03. The highest BCUT2D eigenvalue weighted by Gasteiger charge is 2.16. The number of thiol groups is 1. The Hall–Kier alpha value is -0.510. The van der Waals surface area contributed by atoms with Crippen LogP contribution in [0.4, 0.5) is 0 Å². The van der Waals surface area contributed by atoms with Crippen LogP contribution in [0.15, 0.2) is 0 Å². The molecular weight excluding hydrogens is 164 g/mol. The second kappa shape index (κ2) is 5.18. The molecule has 1 N–H and O–H groups in total. The van der Waals surface area contributed by atoms with Gasteiger partial charge in [-0.05, 0) is 5.92 Å². The summed E-state index contributed by atoms with van der Waals surface area (Å²) in [5, 5.41) is 8.36. The number of carbonyl (C=O) groups excluding carboxylic acids is 1. The lowest BCUT2D eigenvalue weighted by Crippen LogP contribution is -2.16. The van der Waals surface area contributed by atoms with Gasteiger partial charge in [0.25, 0.3) is 0 Å². The lowest BCUT2D eigenvalue weighted by molar-refractivity contribution is -0.138. The van der Waals surface area contributed by atoms with E-state index in [2.05, 4.69) is 12.6 Å². The van der Waals surface area contributed by atoms with Crippen LogP contribution in [0.5, 0.6) is 0 Å². The Kier molecular flexibility index (Phi) is 4.94. The number of aldehydes is 1. The van der Waals surface area contributed by atoms with E-state index in [0.717, 1.165) is 6.29 Å². The van der Waals surface area contributed by atoms with Crippen LogP contribution in [0.3, 0.4) is 0 Å². The molecule has 0 saturated carbocycles. The number of carbonyl (C=O) groups is 2. The van der Waals surface area contributed by atoms with Gasteiger partial charge in [-0.2, -0.15) is 12.6 Å². The van der Waals surface area contributed by atoms with E-state index in [1.165, 1.54) is 0 Å². The first-order chi connectivity index (χ1) is 5.07. The quantitative estimate of drug-likeness (QED) is 0.485. The summed E-state index contributed by atoms with van der Waals surface area (Å²) < 4.78 is 0. The van der Waals surface area contributed by atoms with Crippen molar-refractivity contribution in [3.05, 3.63) is 0 Å². The van der Waals surface area contributed by atoms with Crippen LogP contribution in [0.2, 0.25) is 0 Å². The molecule has 0 aliphatic rings. The van der Waals surface area contributed by atoms with Crippen molar-refractivity contribution < 1.29 is 14.7 Å². The van der Waals surface area contributed by atoms with Crippen molar-refractivity contribution in [3.8, 4) is 0 Å². The summed E-state index contributed by atoms with van der Waals surface area (Å²) in [7, 11) is 0. The van der Waals surface area contributed by atoms with Crippen LogP contribution in [-0.4, -0.2) is 22.6 Å². The predicted molar refractivity (Wildman–Crippen MR) is 44.9 cm³/mol. The van der Waals surface area contributed by atoms with Gasteiger partial charge in [0.15, 0.2) is 0 Å². The summed E-state index contributed by atoms with van der Waals surface area (Å²) in [5.41, 5.74) is 0. The standard InChI is InChI=1S/C7H12O3S/c1-5(11)6(2-3-8)4-7(9)10/h3,5-6,11H,2,4H2,1H3,(H,9,10). The topological polar surface area (TPSA) is 54.4 Å². The molecule has 0 aromatic heterocycles. The maximum Gasteiger partial charge on any atom is 0.303 e. The Balaban J connectivity index is 3.88. The number of hydrogen-bond donors (Lipinski definition) is 2. The highest BCUT2D eigenvalue weighted by molar-refractivity contribution is 7.80. The van der Waals surface area contributed by atoms with Crippen LogP contribution in [0, 0.1) is 5.92 Å². The van der Waals surface area contributed by atoms with Gasteiger partial charge in [0.2, 0.25) is 0 Å². The molecule has 0 saturated heterocycles. The summed E-state index contributed by atoms with van der Waals surface area (Å²) >= 11 is 4.08. The van der Waals surface area contributed by atoms with Crippen molar-refractivity contribution in [2.75, 3.05) is 0 Å². The van der Waals surface area contributed by atoms with Gasteiger partial charge >= 0.3 is 5.97 Å². The SMILES string of the molecule is CC(S)C(CC=O)CC(=O)O. The van der Waals surface area contributed by atoms with Gasteiger partial charge in [-0.15, -0.1) is 0 Å². The van der Waals surface area contributed by atoms with E-state index in [9.17, 15) is 9.59 Å². The number of carboxylic acids is 1. The van der Waals surface area contributed by atoms with E-state index in [0.29, 0.717) is 0 Å². The van der Waals surface area contributed by atoms with Crippen LogP contribution in [-0.2, 0) is 9.59 Å². The molecule has 64 valence electrons. The second-order valence-electron chi connectivity index (χ2n) is 2.50. The van der Waals surface area contributed by atoms with Crippen LogP contribution in [0.1, 0.15) is 19.8 Å². The Bertz CT molecular complexity index is 145. The van der Waals surface area contributed by atoms with E-state index in [-0.39, 0.29) is 24.0 Å². The molecule has 0 aliphatic carbocycles. The zero-order chi connectivity index (χ0) is 8.85. The minimum absolute atomic E-state index is 0.0173. The molecule has 11 heavy (non-hydrogen) atoms. The van der Waals surface area contributed by atoms with Crippen LogP contribution < -0.4 is 0 Å². The lowest BCUT2D eigenvalue weighted by atomic mass is 9.99. The second-order valence-corrected chi connectivity index (χ2v) is 3.32. The Labute approximate surface area is 71.2 Å². The first-order valence-electron chi connectivity index (χ1n) is 3.41. The van der Waals surface area contributed by atoms with Crippen molar-refractivity contribution in [3.63, 3.8) is 0 Å². The van der Waals surface area contributed by atoms with Crippen LogP contribution >= 0.6 is 12.6 Å². The van der Waals surface area contributed by atoms with Crippen molar-refractivity contribution in [1.29, 1.82) is 0 Å². The Morgan fingerprint density at radius 3 is 2.55 bits per heavy atom. The van der Waals surface area contributed by atoms with Gasteiger partial charge in [0.1, 0.15) is 6.29 Å². The molecule has 0 fully saturated rings. The molecule has 3 nitrogen and oxygen atoms in total. The molecule has 2 atom stereocenters. The fourth-order valence-electron chi connectivity index (χ4n) is 0.799. The average Bonchev–Trinajstić information content (AvgIpc) is 1.86. The average molecular weight is 176 g/mol. The number of hydrogen-bond acceptors (Lipinski definition) is 3. The third-order valence-corrected chi connectivity index (χ3v) is 1.94. The van der Waals surface area contributed by atoms with Crippen LogP contribution in [0.25, 0.3) is 0 Å². The molecule has 0 aliphatic heterocycles. The fraction of sp³-hybridized carbons (Fsp3) is 0.714. The minimum atomic E-state index is -0.877. The first-order valence-corrected chi connectivity index (χ1v) is 3.93. The zero-order valence-corrected chi connectivity index (χ0v) is 7.25. The van der Waals surface area contributed by atoms with Gasteiger partial charge in [-0.3, -0.25) is 4.79 Å². The third kappa shape index (κ3) is 4.84. The van der Waals surface area contributed by atoms with Crippen molar-refractivity contribution in [1.82, 2.24) is 0 Å². The molecule has 0 bridgehead atoms. The summed E-state index contributed by atoms with van der Waals surface area (Å²) in [5.74, 6) is -1.02. The normalized spacial score (nSPS) is 15.5. The van der Waals surface area contributed by atoms with Gasteiger partial charge in [-0.25, -0.2) is 0 Å². The van der Waals surface area contributed by atoms with Gasteiger partial charge in [-0.1, -0.05) is 6.92 Å². The summed E-state index contributed by atoms with van der Waals surface area (Å²) in [4.78, 5) is 20.3. The van der Waals surface area contributed by atoms with E-state index in [1.807, 2.05) is 0 Å². The van der Waals surface area contributed by atoms with E-state index < -0.39 is 5.97 Å². The maximum absolute atomic E-state index is 10.2. The van der Waals surface area contributed by atoms with Crippen molar-refractivity contribution in [2.24, 2.45) is 5.92 Å². The molecule has 0 heterocycles. The van der Waals surface area contributed by atoms with Gasteiger partial charge < -0.3 is 9.90 Å². The molecule has 0 aromatic rings. The molecule has 0 aromatic carbocycles. The maximum atomic E-state index is 10.2. The number of carboxylic acid groups (broad SMARTS) is 1. The lowest BCUT2D eigenvalue weighted by Gasteiger charge is -2.14. The Morgan fingerprint density at radius 1 is 1.73 bits per heavy atom. The predicted octanol–water partition coefficient (Wildman–Crippen LogP) is 0.985. The molecular formula is C7H12O3S. The number of aliphatic carboxylic acids is 1. The minimum Gasteiger partial charge on any atom is -0.481 e. The smallest absolute Gasteiger partial charge is 0.303 e. The molecule has 0 radical (unpaired) electrons. The molecule has 0 rings (SSSR count). The summed E-state index contributed by atoms with van der Waals surface area (Å²) in [6.07, 6.45) is 1.03. The van der Waals surface area contributed by atoms with Crippen molar-refractivity contribution >= 4 is 24.9 Å². The summed E-state index contributed by atoms with van der Waals surface area (Å²) in [6, 6.07) is 0. The molecule has 0 spiro atoms. The van der Waals surface area contributed by atoms with E-state index >= 15 is 0 Å². The first kappa shape index (κ1) is 10.5. The molecule has 4 heteroatoms. The zero-order valence-electron chi connectivity index (χ0n) is 6.36. The highest BCUT2D eigenvalue weighted by Crippen LogP contribution is 2.16. The molecule has 2 unspecified atom stereocenters. The number of rotatable bonds is 5. The monoisotopic (exact) mass is 176 g/mol.